The van der Waals surface area contributed by atoms with Gasteiger partial charge in [-0.1, -0.05) is 0 Å². The molecule has 0 bridgehead atoms. The maximum absolute atomic E-state index is 6.38. The lowest BCUT2D eigenvalue weighted by atomic mass is 9.92. The fraction of sp³-hybridized carbons (Fsp3) is 0.243. The summed E-state index contributed by atoms with van der Waals surface area (Å²) in [6.45, 7) is 0.715. The van der Waals surface area contributed by atoms with E-state index in [2.05, 4.69) is 20.0 Å². The van der Waals surface area contributed by atoms with E-state index in [9.17, 15) is 0 Å². The summed E-state index contributed by atoms with van der Waals surface area (Å²) in [6.07, 6.45) is 0. The van der Waals surface area contributed by atoms with E-state index in [4.69, 9.17) is 41.9 Å². The third-order valence-corrected chi connectivity index (χ3v) is 7.74. The van der Waals surface area contributed by atoms with E-state index in [0.29, 0.717) is 46.3 Å². The van der Waals surface area contributed by atoms with Gasteiger partial charge < -0.3 is 41.9 Å². The molecule has 12 nitrogen and oxygen atoms in total. The van der Waals surface area contributed by atoms with Gasteiger partial charge in [-0.05, 0) is 97.1 Å². The first kappa shape index (κ1) is 35.8. The molecule has 8 N–H and O–H groups in total. The van der Waals surface area contributed by atoms with Crippen LogP contribution in [0.1, 0.15) is 22.3 Å². The van der Waals surface area contributed by atoms with Crippen molar-refractivity contribution in [1.29, 1.82) is 0 Å². The van der Waals surface area contributed by atoms with E-state index in [-0.39, 0.29) is 26.4 Å². The molecule has 0 aliphatic heterocycles. The van der Waals surface area contributed by atoms with Gasteiger partial charge in [-0.15, -0.1) is 0 Å². The van der Waals surface area contributed by atoms with Gasteiger partial charge in [0.1, 0.15) is 78.2 Å². The lowest BCUT2D eigenvalue weighted by Gasteiger charge is -2.33. The number of nitrogens with zero attached hydrogens (tertiary/aromatic N) is 4. The molecule has 0 saturated heterocycles. The lowest BCUT2D eigenvalue weighted by molar-refractivity contribution is -0.00351. The molecule has 0 saturated carbocycles. The van der Waals surface area contributed by atoms with E-state index in [1.165, 1.54) is 0 Å². The Morgan fingerprint density at radius 1 is 0.388 bits per heavy atom. The van der Waals surface area contributed by atoms with Crippen molar-refractivity contribution in [3.63, 3.8) is 0 Å². The zero-order valence-electron chi connectivity index (χ0n) is 28.3. The Hall–Kier alpha value is -6.04. The van der Waals surface area contributed by atoms with Crippen molar-refractivity contribution in [2.45, 2.75) is 0 Å². The first-order valence-electron chi connectivity index (χ1n) is 15.5. The number of ether oxygens (including phenoxy) is 4. The highest BCUT2D eigenvalue weighted by Crippen LogP contribution is 2.27. The van der Waals surface area contributed by atoms with Gasteiger partial charge >= 0.3 is 0 Å². The van der Waals surface area contributed by atoms with Crippen molar-refractivity contribution in [3.8, 4) is 23.0 Å². The Bertz CT molecular complexity index is 1500. The highest BCUT2D eigenvalue weighted by molar-refractivity contribution is 5.98. The summed E-state index contributed by atoms with van der Waals surface area (Å²) >= 11 is 0. The van der Waals surface area contributed by atoms with Crippen LogP contribution < -0.4 is 41.9 Å². The second-order valence-corrected chi connectivity index (χ2v) is 11.2. The average molecular weight is 665 g/mol. The minimum atomic E-state index is -0.823. The molecule has 49 heavy (non-hydrogen) atoms. The summed E-state index contributed by atoms with van der Waals surface area (Å²) in [5, 5.41) is 0. The van der Waals surface area contributed by atoms with Gasteiger partial charge in [0.2, 0.25) is 0 Å². The molecule has 0 atom stereocenters. The molecule has 0 unspecified atom stereocenters. The number of benzene rings is 4. The second-order valence-electron chi connectivity index (χ2n) is 11.2. The fourth-order valence-corrected chi connectivity index (χ4v) is 4.60. The van der Waals surface area contributed by atoms with Gasteiger partial charge in [0.15, 0.2) is 0 Å². The Kier molecular flexibility index (Phi) is 12.6. The van der Waals surface area contributed by atoms with Crippen LogP contribution >= 0.6 is 0 Å². The smallest absolute Gasteiger partial charge is 0.125 e. The Morgan fingerprint density at radius 2 is 0.571 bits per heavy atom. The summed E-state index contributed by atoms with van der Waals surface area (Å²) in [5.41, 5.74) is 26.3. The van der Waals surface area contributed by atoms with Crippen molar-refractivity contribution in [2.24, 2.45) is 48.3 Å². The fourth-order valence-electron chi connectivity index (χ4n) is 4.60. The molecule has 0 heterocycles. The summed E-state index contributed by atoms with van der Waals surface area (Å²) in [6, 6.07) is 29.6. The number of aliphatic imine (C=N–C) groups is 4. The molecule has 0 spiro atoms. The molecule has 0 amide bonds. The predicted molar refractivity (Wildman–Crippen MR) is 197 cm³/mol. The van der Waals surface area contributed by atoms with Crippen LogP contribution in [0.2, 0.25) is 0 Å². The maximum atomic E-state index is 6.38. The zero-order valence-corrected chi connectivity index (χ0v) is 28.3. The van der Waals surface area contributed by atoms with E-state index in [0.717, 1.165) is 22.3 Å². The van der Waals surface area contributed by atoms with Crippen LogP contribution in [0, 0.1) is 5.41 Å². The minimum Gasteiger partial charge on any atom is -0.493 e. The molecule has 0 aliphatic rings. The SMILES string of the molecule is CN=C(N)c1ccc(OCC(COc2ccc(C(N)=NC)cc2)(COc2ccc(C(N)=NC)cc2)COc2ccc(C(N)=NC)cc2)cc1. The van der Waals surface area contributed by atoms with E-state index >= 15 is 0 Å². The molecule has 12 heteroatoms. The van der Waals surface area contributed by atoms with Gasteiger partial charge in [0, 0.05) is 50.4 Å². The third-order valence-electron chi connectivity index (χ3n) is 7.74. The first-order chi connectivity index (χ1) is 23.7. The van der Waals surface area contributed by atoms with Crippen LogP contribution in [0.5, 0.6) is 23.0 Å². The molecule has 0 fully saturated rings. The van der Waals surface area contributed by atoms with E-state index < -0.39 is 5.41 Å². The third kappa shape index (κ3) is 9.97. The molecule has 4 aromatic carbocycles. The van der Waals surface area contributed by atoms with Gasteiger partial charge in [0.05, 0.1) is 0 Å². The van der Waals surface area contributed by atoms with Gasteiger partial charge in [-0.2, -0.15) is 0 Å². The molecule has 0 radical (unpaired) electrons. The van der Waals surface area contributed by atoms with Crippen LogP contribution in [0.4, 0.5) is 0 Å². The molecular formula is C37H44N8O4. The summed E-state index contributed by atoms with van der Waals surface area (Å²) in [7, 11) is 6.59. The average Bonchev–Trinajstić information content (AvgIpc) is 3.16. The predicted octanol–water partition coefficient (Wildman–Crippen LogP) is 3.63. The van der Waals surface area contributed by atoms with Crippen molar-refractivity contribution in [1.82, 2.24) is 0 Å². The van der Waals surface area contributed by atoms with Crippen molar-refractivity contribution < 1.29 is 18.9 Å². The standard InChI is InChI=1S/C37H44N8O4/c1-42-33(38)25-5-13-29(14-6-25)46-21-37(22-47-30-15-7-26(8-16-30)34(39)43-2,23-48-31-17-9-27(10-18-31)35(40)44-3)24-49-32-19-11-28(12-20-32)36(41)45-4/h5-20H,21-24H2,1-4H3,(H2,38,42)(H2,39,43)(H2,40,44)(H2,41,45). The largest absolute Gasteiger partial charge is 0.493 e. The van der Waals surface area contributed by atoms with Crippen molar-refractivity contribution >= 4 is 23.3 Å². The summed E-state index contributed by atoms with van der Waals surface area (Å²) < 4.78 is 25.5. The van der Waals surface area contributed by atoms with Crippen molar-refractivity contribution in [2.75, 3.05) is 54.6 Å². The van der Waals surface area contributed by atoms with Crippen LogP contribution in [0.25, 0.3) is 0 Å². The van der Waals surface area contributed by atoms with Crippen LogP contribution in [0.3, 0.4) is 0 Å². The highest BCUT2D eigenvalue weighted by Gasteiger charge is 2.36. The normalized spacial score (nSPS) is 13.8. The van der Waals surface area contributed by atoms with E-state index in [1.54, 1.807) is 28.2 Å². The Balaban J connectivity index is 1.64. The number of amidine groups is 4. The molecular weight excluding hydrogens is 620 g/mol. The van der Waals surface area contributed by atoms with Crippen LogP contribution in [-0.4, -0.2) is 78.0 Å². The highest BCUT2D eigenvalue weighted by atomic mass is 16.5. The van der Waals surface area contributed by atoms with Crippen LogP contribution in [0.15, 0.2) is 117 Å². The lowest BCUT2D eigenvalue weighted by Crippen LogP contribution is -2.45. The van der Waals surface area contributed by atoms with Crippen molar-refractivity contribution in [3.05, 3.63) is 119 Å². The number of rotatable bonds is 16. The number of hydrogen-bond acceptors (Lipinski definition) is 8. The number of hydrogen-bond donors (Lipinski definition) is 4. The monoisotopic (exact) mass is 664 g/mol. The Morgan fingerprint density at radius 3 is 0.735 bits per heavy atom. The molecule has 4 aromatic rings. The topological polar surface area (TPSA) is 190 Å². The van der Waals surface area contributed by atoms with Crippen LogP contribution in [-0.2, 0) is 0 Å². The molecule has 0 aromatic heterocycles. The minimum absolute atomic E-state index is 0.179. The zero-order chi connectivity index (χ0) is 35.2. The molecule has 4 rings (SSSR count). The van der Waals surface area contributed by atoms with Gasteiger partial charge in [-0.3, -0.25) is 20.0 Å². The van der Waals surface area contributed by atoms with E-state index in [1.807, 2.05) is 97.1 Å². The molecule has 0 aliphatic carbocycles. The number of nitrogens with two attached hydrogens (primary N) is 4. The first-order valence-corrected chi connectivity index (χ1v) is 15.5. The maximum Gasteiger partial charge on any atom is 0.125 e. The summed E-state index contributed by atoms with van der Waals surface area (Å²) in [5.74, 6) is 4.27. The van der Waals surface area contributed by atoms with Gasteiger partial charge in [-0.25, -0.2) is 0 Å². The van der Waals surface area contributed by atoms with Gasteiger partial charge in [0.25, 0.3) is 0 Å². The Labute approximate surface area is 287 Å². The summed E-state index contributed by atoms with van der Waals surface area (Å²) in [4.78, 5) is 16.2. The quantitative estimate of drug-likeness (QED) is 0.103. The second kappa shape index (κ2) is 17.2. The molecule has 256 valence electrons.